The van der Waals surface area contributed by atoms with Crippen LogP contribution in [0.2, 0.25) is 5.02 Å². The number of anilines is 1. The van der Waals surface area contributed by atoms with Crippen LogP contribution in [0.4, 0.5) is 5.69 Å². The number of amides is 1. The van der Waals surface area contributed by atoms with E-state index in [2.05, 4.69) is 37.8 Å². The Hall–Kier alpha value is -2.28. The van der Waals surface area contributed by atoms with E-state index in [1.807, 2.05) is 30.3 Å². The molecule has 0 saturated carbocycles. The van der Waals surface area contributed by atoms with Gasteiger partial charge in [-0.3, -0.25) is 9.69 Å². The second-order valence-corrected chi connectivity index (χ2v) is 11.2. The highest BCUT2D eigenvalue weighted by molar-refractivity contribution is 6.30. The molecule has 3 saturated heterocycles. The fourth-order valence-corrected chi connectivity index (χ4v) is 6.74. The van der Waals surface area contributed by atoms with Crippen molar-refractivity contribution >= 4 is 23.2 Å². The van der Waals surface area contributed by atoms with Gasteiger partial charge >= 0.3 is 0 Å². The van der Waals surface area contributed by atoms with Crippen molar-refractivity contribution < 1.29 is 9.53 Å². The number of carbonyl (C=O) groups is 1. The van der Waals surface area contributed by atoms with Crippen LogP contribution in [0.1, 0.15) is 37.7 Å². The van der Waals surface area contributed by atoms with Gasteiger partial charge in [0.1, 0.15) is 5.75 Å². The van der Waals surface area contributed by atoms with Crippen LogP contribution in [0, 0.1) is 5.92 Å². The summed E-state index contributed by atoms with van der Waals surface area (Å²) in [5.41, 5.74) is 2.39. The number of methoxy groups -OCH3 is 1. The molecule has 5 rings (SSSR count). The molecule has 3 aliphatic heterocycles. The average molecular weight is 525 g/mol. The van der Waals surface area contributed by atoms with E-state index in [9.17, 15) is 4.79 Å². The lowest BCUT2D eigenvalue weighted by atomic mass is 9.86. The Morgan fingerprint density at radius 1 is 0.973 bits per heavy atom. The molecule has 3 aliphatic rings. The van der Waals surface area contributed by atoms with Crippen molar-refractivity contribution in [3.05, 3.63) is 59.1 Å². The molecule has 0 aromatic heterocycles. The first kappa shape index (κ1) is 26.3. The van der Waals surface area contributed by atoms with Gasteiger partial charge in [0.05, 0.1) is 12.8 Å². The van der Waals surface area contributed by atoms with Gasteiger partial charge in [0.25, 0.3) is 0 Å². The first-order chi connectivity index (χ1) is 18.1. The minimum atomic E-state index is 0.312. The number of piperidine rings is 1. The van der Waals surface area contributed by atoms with E-state index >= 15 is 0 Å². The maximum atomic E-state index is 13.3. The van der Waals surface area contributed by atoms with E-state index in [1.165, 1.54) is 37.9 Å². The summed E-state index contributed by atoms with van der Waals surface area (Å²) in [7, 11) is 1.72. The third-order valence-corrected chi connectivity index (χ3v) is 8.71. The number of piperazine rings is 1. The number of ether oxygens (including phenoxy) is 1. The molecule has 0 bridgehead atoms. The van der Waals surface area contributed by atoms with E-state index < -0.39 is 0 Å². The van der Waals surface area contributed by atoms with Crippen LogP contribution in [0.25, 0.3) is 0 Å². The zero-order valence-electron chi connectivity index (χ0n) is 22.2. The molecule has 37 heavy (non-hydrogen) atoms. The number of nitrogens with zero attached hydrogens (tertiary/aromatic N) is 4. The highest BCUT2D eigenvalue weighted by Crippen LogP contribution is 2.31. The third kappa shape index (κ3) is 6.60. The van der Waals surface area contributed by atoms with Crippen molar-refractivity contribution in [1.82, 2.24) is 14.7 Å². The molecule has 0 N–H and O–H groups in total. The largest absolute Gasteiger partial charge is 0.495 e. The van der Waals surface area contributed by atoms with Crippen LogP contribution in [0.15, 0.2) is 48.5 Å². The maximum Gasteiger partial charge on any atom is 0.222 e. The second kappa shape index (κ2) is 12.5. The summed E-state index contributed by atoms with van der Waals surface area (Å²) in [6.07, 6.45) is 5.43. The monoisotopic (exact) mass is 524 g/mol. The van der Waals surface area contributed by atoms with Gasteiger partial charge in [-0.25, -0.2) is 0 Å². The Balaban J connectivity index is 1.16. The summed E-state index contributed by atoms with van der Waals surface area (Å²) in [6.45, 7) is 8.78. The van der Waals surface area contributed by atoms with E-state index in [-0.39, 0.29) is 0 Å². The van der Waals surface area contributed by atoms with Gasteiger partial charge in [-0.05, 0) is 81.1 Å². The number of likely N-dealkylation sites (tertiary alicyclic amines) is 2. The summed E-state index contributed by atoms with van der Waals surface area (Å²) in [5, 5.41) is 0.803. The molecule has 1 amide bonds. The van der Waals surface area contributed by atoms with Crippen molar-refractivity contribution in [2.24, 2.45) is 5.92 Å². The van der Waals surface area contributed by atoms with Crippen LogP contribution < -0.4 is 9.64 Å². The van der Waals surface area contributed by atoms with Crippen molar-refractivity contribution in [2.45, 2.75) is 44.7 Å². The van der Waals surface area contributed by atoms with Gasteiger partial charge in [0, 0.05) is 56.8 Å². The standard InChI is InChI=1S/C30H41ClN4O2/c1-37-29-10-3-2-9-28(29)34-17-19-35(20-18-34)30(36)12-11-25-23-32(22-24-7-6-8-26(31)21-24)16-13-27(25)33-14-4-5-15-33/h2-3,6-10,21,25,27H,4-5,11-20,22-23H2,1H3/t25-,27+/m0/s1. The predicted octanol–water partition coefficient (Wildman–Crippen LogP) is 4.76. The molecule has 2 aromatic carbocycles. The molecule has 200 valence electrons. The van der Waals surface area contributed by atoms with Gasteiger partial charge in [0.15, 0.2) is 0 Å². The van der Waals surface area contributed by atoms with Crippen LogP contribution in [0.3, 0.4) is 0 Å². The molecule has 7 heteroatoms. The fraction of sp³-hybridized carbons (Fsp3) is 0.567. The molecule has 0 unspecified atom stereocenters. The molecule has 0 radical (unpaired) electrons. The molecular formula is C30H41ClN4O2. The van der Waals surface area contributed by atoms with E-state index in [4.69, 9.17) is 16.3 Å². The van der Waals surface area contributed by atoms with Crippen molar-refractivity contribution in [1.29, 1.82) is 0 Å². The summed E-state index contributed by atoms with van der Waals surface area (Å²) < 4.78 is 5.55. The van der Waals surface area contributed by atoms with Crippen molar-refractivity contribution in [2.75, 3.05) is 64.4 Å². The number of para-hydroxylation sites is 2. The predicted molar refractivity (Wildman–Crippen MR) is 150 cm³/mol. The van der Waals surface area contributed by atoms with E-state index in [0.29, 0.717) is 24.3 Å². The molecule has 3 fully saturated rings. The van der Waals surface area contributed by atoms with Crippen LogP contribution in [-0.2, 0) is 11.3 Å². The Morgan fingerprint density at radius 2 is 1.76 bits per heavy atom. The number of carbonyl (C=O) groups excluding carboxylic acids is 1. The van der Waals surface area contributed by atoms with Gasteiger partial charge in [0.2, 0.25) is 5.91 Å². The molecule has 0 aliphatic carbocycles. The maximum absolute atomic E-state index is 13.3. The molecule has 2 atom stereocenters. The normalized spacial score (nSPS) is 23.4. The minimum absolute atomic E-state index is 0.312. The molecule has 2 aromatic rings. The van der Waals surface area contributed by atoms with E-state index in [1.54, 1.807) is 7.11 Å². The van der Waals surface area contributed by atoms with Gasteiger partial charge < -0.3 is 19.4 Å². The fourth-order valence-electron chi connectivity index (χ4n) is 6.52. The summed E-state index contributed by atoms with van der Waals surface area (Å²) >= 11 is 6.24. The number of hydrogen-bond acceptors (Lipinski definition) is 5. The third-order valence-electron chi connectivity index (χ3n) is 8.47. The van der Waals surface area contributed by atoms with Crippen LogP contribution >= 0.6 is 11.6 Å². The minimum Gasteiger partial charge on any atom is -0.495 e. The lowest BCUT2D eigenvalue weighted by molar-refractivity contribution is -0.132. The number of hydrogen-bond donors (Lipinski definition) is 0. The van der Waals surface area contributed by atoms with Crippen LogP contribution in [0.5, 0.6) is 5.75 Å². The average Bonchev–Trinajstić information content (AvgIpc) is 3.47. The Labute approximate surface area is 227 Å². The lowest BCUT2D eigenvalue weighted by Gasteiger charge is -2.43. The molecular weight excluding hydrogens is 484 g/mol. The zero-order chi connectivity index (χ0) is 25.6. The Kier molecular flexibility index (Phi) is 8.90. The summed E-state index contributed by atoms with van der Waals surface area (Å²) in [5.74, 6) is 1.74. The zero-order valence-corrected chi connectivity index (χ0v) is 22.9. The Bertz CT molecular complexity index is 1040. The number of halogens is 1. The highest BCUT2D eigenvalue weighted by atomic mass is 35.5. The van der Waals surface area contributed by atoms with Crippen molar-refractivity contribution in [3.8, 4) is 5.75 Å². The number of rotatable bonds is 8. The topological polar surface area (TPSA) is 39.3 Å². The van der Waals surface area contributed by atoms with Crippen LogP contribution in [-0.4, -0.2) is 86.1 Å². The molecule has 6 nitrogen and oxygen atoms in total. The molecule has 3 heterocycles. The van der Waals surface area contributed by atoms with Gasteiger partial charge in [-0.1, -0.05) is 35.9 Å². The Morgan fingerprint density at radius 3 is 2.51 bits per heavy atom. The van der Waals surface area contributed by atoms with Gasteiger partial charge in [-0.2, -0.15) is 0 Å². The summed E-state index contributed by atoms with van der Waals surface area (Å²) in [6, 6.07) is 17.0. The SMILES string of the molecule is COc1ccccc1N1CCN(C(=O)CC[C@H]2CN(Cc3cccc(Cl)c3)CC[C@H]2N2CCCC2)CC1. The first-order valence-electron chi connectivity index (χ1n) is 14.0. The smallest absolute Gasteiger partial charge is 0.222 e. The lowest BCUT2D eigenvalue weighted by Crippen LogP contribution is -2.51. The van der Waals surface area contributed by atoms with Gasteiger partial charge in [-0.15, -0.1) is 0 Å². The second-order valence-electron chi connectivity index (χ2n) is 10.8. The summed E-state index contributed by atoms with van der Waals surface area (Å²) in [4.78, 5) is 23.0. The first-order valence-corrected chi connectivity index (χ1v) is 14.3. The van der Waals surface area contributed by atoms with Crippen molar-refractivity contribution in [3.63, 3.8) is 0 Å². The number of benzene rings is 2. The highest BCUT2D eigenvalue weighted by Gasteiger charge is 2.35. The van der Waals surface area contributed by atoms with E-state index in [0.717, 1.165) is 68.7 Å². The quantitative estimate of drug-likeness (QED) is 0.497. The molecule has 0 spiro atoms.